The lowest BCUT2D eigenvalue weighted by molar-refractivity contribution is 0.101. The number of amides is 1. The molecule has 1 aliphatic rings. The number of thiazole rings is 1. The number of carbonyl (C=O) groups is 1. The second-order valence-electron chi connectivity index (χ2n) is 6.95. The van der Waals surface area contributed by atoms with Crippen molar-refractivity contribution in [1.82, 2.24) is 24.6 Å². The molecule has 0 aliphatic carbocycles. The van der Waals surface area contributed by atoms with Gasteiger partial charge < -0.3 is 0 Å². The van der Waals surface area contributed by atoms with Crippen molar-refractivity contribution in [2.75, 3.05) is 18.4 Å². The van der Waals surface area contributed by atoms with Gasteiger partial charge in [-0.15, -0.1) is 27.8 Å². The Kier molecular flexibility index (Phi) is 5.16. The molecule has 152 valence electrons. The lowest BCUT2D eigenvalue weighted by atomic mass is 10.2. The summed E-state index contributed by atoms with van der Waals surface area (Å²) in [5.41, 5.74) is 1.94. The standard InChI is InChI=1S/C21H20N6OS2/c1-2-26-11-10-15-17(13-26)30-21(22-15)24-20(28)18-23-19(16-9-6-12-29-16)27(25-18)14-7-4-3-5-8-14/h3-9,12H,2,10-11,13H2,1H3,(H,22,24,28). The molecule has 4 aromatic rings. The number of aromatic nitrogens is 4. The van der Waals surface area contributed by atoms with E-state index in [1.807, 2.05) is 47.8 Å². The molecular formula is C21H20N6OS2. The fourth-order valence-electron chi connectivity index (χ4n) is 3.45. The number of benzene rings is 1. The minimum absolute atomic E-state index is 0.130. The van der Waals surface area contributed by atoms with E-state index in [4.69, 9.17) is 0 Å². The van der Waals surface area contributed by atoms with Gasteiger partial charge in [-0.1, -0.05) is 31.2 Å². The third-order valence-electron chi connectivity index (χ3n) is 5.03. The van der Waals surface area contributed by atoms with Gasteiger partial charge >= 0.3 is 0 Å². The first-order valence-corrected chi connectivity index (χ1v) is 11.5. The maximum absolute atomic E-state index is 12.9. The molecule has 0 bridgehead atoms. The van der Waals surface area contributed by atoms with E-state index in [1.54, 1.807) is 16.0 Å². The quantitative estimate of drug-likeness (QED) is 0.510. The molecule has 9 heteroatoms. The summed E-state index contributed by atoms with van der Waals surface area (Å²) < 4.78 is 1.72. The zero-order valence-corrected chi connectivity index (χ0v) is 18.0. The molecule has 1 N–H and O–H groups in total. The van der Waals surface area contributed by atoms with Crippen molar-refractivity contribution in [3.63, 3.8) is 0 Å². The van der Waals surface area contributed by atoms with Gasteiger partial charge in [0.15, 0.2) is 11.0 Å². The predicted molar refractivity (Wildman–Crippen MR) is 119 cm³/mol. The van der Waals surface area contributed by atoms with E-state index in [-0.39, 0.29) is 11.7 Å². The lowest BCUT2D eigenvalue weighted by Gasteiger charge is -2.23. The van der Waals surface area contributed by atoms with Crippen LogP contribution >= 0.6 is 22.7 Å². The zero-order valence-electron chi connectivity index (χ0n) is 16.4. The third-order valence-corrected chi connectivity index (χ3v) is 6.89. The zero-order chi connectivity index (χ0) is 20.5. The highest BCUT2D eigenvalue weighted by Gasteiger charge is 2.23. The van der Waals surface area contributed by atoms with Gasteiger partial charge in [-0.3, -0.25) is 15.0 Å². The summed E-state index contributed by atoms with van der Waals surface area (Å²) in [7, 11) is 0. The van der Waals surface area contributed by atoms with Crippen LogP contribution in [0.25, 0.3) is 16.4 Å². The minimum Gasteiger partial charge on any atom is -0.298 e. The van der Waals surface area contributed by atoms with E-state index in [9.17, 15) is 4.79 Å². The van der Waals surface area contributed by atoms with E-state index in [1.165, 1.54) is 16.2 Å². The molecule has 7 nitrogen and oxygen atoms in total. The average Bonchev–Trinajstić information content (AvgIpc) is 3.52. The van der Waals surface area contributed by atoms with Crippen LogP contribution in [0.1, 0.15) is 28.1 Å². The van der Waals surface area contributed by atoms with Crippen LogP contribution in [0.2, 0.25) is 0 Å². The lowest BCUT2D eigenvalue weighted by Crippen LogP contribution is -2.29. The van der Waals surface area contributed by atoms with Crippen LogP contribution in [0.3, 0.4) is 0 Å². The fourth-order valence-corrected chi connectivity index (χ4v) is 5.19. The molecule has 1 aliphatic heterocycles. The number of nitrogens with zero attached hydrogens (tertiary/aromatic N) is 5. The number of hydrogen-bond donors (Lipinski definition) is 1. The molecule has 0 atom stereocenters. The molecule has 0 saturated heterocycles. The SMILES string of the molecule is CCN1CCc2nc(NC(=O)c3nc(-c4cccs4)n(-c4ccccc4)n3)sc2C1. The summed E-state index contributed by atoms with van der Waals surface area (Å²) in [6.07, 6.45) is 0.916. The Hall–Kier alpha value is -2.88. The number of thiophene rings is 1. The van der Waals surface area contributed by atoms with Gasteiger partial charge in [-0.2, -0.15) is 0 Å². The van der Waals surface area contributed by atoms with Crippen LogP contribution in [0.4, 0.5) is 5.13 Å². The van der Waals surface area contributed by atoms with Crippen molar-refractivity contribution in [3.8, 4) is 16.4 Å². The summed E-state index contributed by atoms with van der Waals surface area (Å²) in [6.45, 7) is 5.08. The number of anilines is 1. The van der Waals surface area contributed by atoms with Gasteiger partial charge in [-0.25, -0.2) is 14.6 Å². The number of hydrogen-bond acceptors (Lipinski definition) is 7. The molecule has 30 heavy (non-hydrogen) atoms. The fraction of sp³-hybridized carbons (Fsp3) is 0.238. The highest BCUT2D eigenvalue weighted by atomic mass is 32.1. The van der Waals surface area contributed by atoms with Crippen LogP contribution in [-0.4, -0.2) is 43.6 Å². The highest BCUT2D eigenvalue weighted by molar-refractivity contribution is 7.16. The highest BCUT2D eigenvalue weighted by Crippen LogP contribution is 2.29. The maximum atomic E-state index is 12.9. The van der Waals surface area contributed by atoms with Crippen LogP contribution in [-0.2, 0) is 13.0 Å². The third kappa shape index (κ3) is 3.67. The maximum Gasteiger partial charge on any atom is 0.297 e. The summed E-state index contributed by atoms with van der Waals surface area (Å²) >= 11 is 3.10. The monoisotopic (exact) mass is 436 g/mol. The van der Waals surface area contributed by atoms with Crippen molar-refractivity contribution >= 4 is 33.7 Å². The molecule has 0 radical (unpaired) electrons. The van der Waals surface area contributed by atoms with Crippen molar-refractivity contribution in [2.24, 2.45) is 0 Å². The molecule has 1 amide bonds. The predicted octanol–water partition coefficient (Wildman–Crippen LogP) is 4.08. The van der Waals surface area contributed by atoms with Crippen molar-refractivity contribution < 1.29 is 4.79 Å². The van der Waals surface area contributed by atoms with Crippen molar-refractivity contribution in [3.05, 3.63) is 64.2 Å². The first-order chi connectivity index (χ1) is 14.7. The molecule has 0 saturated carbocycles. The smallest absolute Gasteiger partial charge is 0.297 e. The molecular weight excluding hydrogens is 416 g/mol. The van der Waals surface area contributed by atoms with Crippen molar-refractivity contribution in [1.29, 1.82) is 0 Å². The Labute approximate surface area is 182 Å². The van der Waals surface area contributed by atoms with E-state index >= 15 is 0 Å². The molecule has 0 fully saturated rings. The summed E-state index contributed by atoms with van der Waals surface area (Å²) in [5, 5.41) is 10.0. The Bertz CT molecular complexity index is 1170. The van der Waals surface area contributed by atoms with Crippen molar-refractivity contribution in [2.45, 2.75) is 19.9 Å². The van der Waals surface area contributed by atoms with Gasteiger partial charge in [0.2, 0.25) is 5.82 Å². The molecule has 0 unspecified atom stereocenters. The van der Waals surface area contributed by atoms with E-state index in [0.29, 0.717) is 11.0 Å². The Balaban J connectivity index is 1.43. The minimum atomic E-state index is -0.346. The van der Waals surface area contributed by atoms with Gasteiger partial charge in [0.1, 0.15) is 0 Å². The summed E-state index contributed by atoms with van der Waals surface area (Å²) in [4.78, 5) is 26.7. The van der Waals surface area contributed by atoms with E-state index in [0.717, 1.165) is 42.3 Å². The number of nitrogens with one attached hydrogen (secondary N) is 1. The van der Waals surface area contributed by atoms with Gasteiger partial charge in [0, 0.05) is 24.4 Å². The molecule has 0 spiro atoms. The number of carbonyl (C=O) groups excluding carboxylic acids is 1. The van der Waals surface area contributed by atoms with E-state index < -0.39 is 0 Å². The summed E-state index contributed by atoms with van der Waals surface area (Å²) in [5.74, 6) is 0.435. The number of rotatable bonds is 5. The van der Waals surface area contributed by atoms with Crippen LogP contribution in [0.5, 0.6) is 0 Å². The molecule has 3 aromatic heterocycles. The van der Waals surface area contributed by atoms with Gasteiger partial charge in [-0.05, 0) is 30.1 Å². The first-order valence-electron chi connectivity index (χ1n) is 9.80. The Morgan fingerprint density at radius 3 is 2.80 bits per heavy atom. The normalized spacial score (nSPS) is 13.9. The van der Waals surface area contributed by atoms with Crippen LogP contribution in [0, 0.1) is 0 Å². The first kappa shape index (κ1) is 19.1. The summed E-state index contributed by atoms with van der Waals surface area (Å²) in [6, 6.07) is 13.7. The van der Waals surface area contributed by atoms with Crippen LogP contribution < -0.4 is 5.32 Å². The van der Waals surface area contributed by atoms with Gasteiger partial charge in [0.05, 0.1) is 16.3 Å². The molecule has 5 rings (SSSR count). The number of para-hydroxylation sites is 1. The largest absolute Gasteiger partial charge is 0.298 e. The van der Waals surface area contributed by atoms with E-state index in [2.05, 4.69) is 32.2 Å². The topological polar surface area (TPSA) is 75.9 Å². The molecule has 1 aromatic carbocycles. The second kappa shape index (κ2) is 8.10. The molecule has 4 heterocycles. The number of likely N-dealkylation sites (N-methyl/N-ethyl adjacent to an activating group) is 1. The van der Waals surface area contributed by atoms with Crippen LogP contribution in [0.15, 0.2) is 47.8 Å². The van der Waals surface area contributed by atoms with Gasteiger partial charge in [0.25, 0.3) is 5.91 Å². The Morgan fingerprint density at radius 1 is 1.17 bits per heavy atom. The average molecular weight is 437 g/mol. The number of fused-ring (bicyclic) bond motifs is 1. The Morgan fingerprint density at radius 2 is 2.03 bits per heavy atom. The second-order valence-corrected chi connectivity index (χ2v) is 8.98.